The van der Waals surface area contributed by atoms with Crippen molar-refractivity contribution in [1.82, 2.24) is 0 Å². The van der Waals surface area contributed by atoms with Crippen molar-refractivity contribution in [2.75, 3.05) is 5.01 Å². The summed E-state index contributed by atoms with van der Waals surface area (Å²) in [4.78, 5) is 11.6. The lowest BCUT2D eigenvalue weighted by molar-refractivity contribution is -0.116. The molecule has 3 rings (SSSR count). The first-order valence-electron chi connectivity index (χ1n) is 5.23. The van der Waals surface area contributed by atoms with E-state index < -0.39 is 0 Å². The van der Waals surface area contributed by atoms with Gasteiger partial charge >= 0.3 is 0 Å². The van der Waals surface area contributed by atoms with Crippen LogP contribution in [0.1, 0.15) is 24.5 Å². The number of hydrazone groups is 1. The summed E-state index contributed by atoms with van der Waals surface area (Å²) in [6, 6.07) is 6.17. The average Bonchev–Trinajstić information content (AvgIpc) is 2.48. The zero-order valence-corrected chi connectivity index (χ0v) is 8.66. The van der Waals surface area contributed by atoms with Gasteiger partial charge in [0.25, 0.3) is 5.91 Å². The molecule has 0 spiro atoms. The molecule has 0 N–H and O–H groups in total. The van der Waals surface area contributed by atoms with Gasteiger partial charge in [0.15, 0.2) is 0 Å². The quantitative estimate of drug-likeness (QED) is 0.681. The molecule has 3 nitrogen and oxygen atoms in total. The molecule has 1 amide bonds. The van der Waals surface area contributed by atoms with E-state index in [-0.39, 0.29) is 5.91 Å². The number of amides is 1. The second-order valence-corrected chi connectivity index (χ2v) is 4.17. The van der Waals surface area contributed by atoms with E-state index in [1.807, 2.05) is 13.0 Å². The highest BCUT2D eigenvalue weighted by atomic mass is 16.2. The van der Waals surface area contributed by atoms with E-state index in [9.17, 15) is 4.79 Å². The zero-order valence-electron chi connectivity index (χ0n) is 8.66. The summed E-state index contributed by atoms with van der Waals surface area (Å²) < 4.78 is 0. The van der Waals surface area contributed by atoms with Gasteiger partial charge in [0, 0.05) is 5.71 Å². The minimum atomic E-state index is 0.0757. The van der Waals surface area contributed by atoms with Crippen LogP contribution >= 0.6 is 0 Å². The number of carbonyl (C=O) groups is 1. The van der Waals surface area contributed by atoms with E-state index in [1.165, 1.54) is 22.6 Å². The number of nitrogens with zero attached hydrogens (tertiary/aromatic N) is 2. The van der Waals surface area contributed by atoms with E-state index in [0.29, 0.717) is 6.42 Å². The lowest BCUT2D eigenvalue weighted by atomic mass is 9.88. The molecule has 1 aliphatic heterocycles. The average molecular weight is 200 g/mol. The van der Waals surface area contributed by atoms with Gasteiger partial charge in [-0.1, -0.05) is 6.07 Å². The smallest absolute Gasteiger partial charge is 0.253 e. The number of benzene rings is 1. The molecule has 0 fully saturated rings. The molecule has 0 bridgehead atoms. The Balaban J connectivity index is 1.99. The third-order valence-corrected chi connectivity index (χ3v) is 3.01. The van der Waals surface area contributed by atoms with Gasteiger partial charge in [-0.05, 0) is 43.0 Å². The second-order valence-electron chi connectivity index (χ2n) is 4.17. The number of aryl methyl sites for hydroxylation is 2. The number of anilines is 1. The molecular formula is C12H12N2O. The summed E-state index contributed by atoms with van der Waals surface area (Å²) in [6.07, 6.45) is 2.76. The number of rotatable bonds is 1. The highest BCUT2D eigenvalue weighted by Gasteiger charge is 2.24. The Hall–Kier alpha value is -1.64. The molecule has 76 valence electrons. The van der Waals surface area contributed by atoms with Crippen molar-refractivity contribution >= 4 is 17.3 Å². The van der Waals surface area contributed by atoms with Gasteiger partial charge in [-0.3, -0.25) is 4.79 Å². The summed E-state index contributed by atoms with van der Waals surface area (Å²) in [6.45, 7) is 1.89. The van der Waals surface area contributed by atoms with Gasteiger partial charge in [0.2, 0.25) is 0 Å². The molecule has 0 saturated heterocycles. The third kappa shape index (κ3) is 1.27. The molecule has 1 aromatic rings. The van der Waals surface area contributed by atoms with Crippen LogP contribution in [0.15, 0.2) is 23.3 Å². The van der Waals surface area contributed by atoms with Crippen LogP contribution in [0.5, 0.6) is 0 Å². The van der Waals surface area contributed by atoms with E-state index >= 15 is 0 Å². The fraction of sp³-hybridized carbons (Fsp3) is 0.333. The first-order valence-corrected chi connectivity index (χ1v) is 5.23. The summed E-state index contributed by atoms with van der Waals surface area (Å²) in [7, 11) is 0. The van der Waals surface area contributed by atoms with Crippen LogP contribution < -0.4 is 5.01 Å². The van der Waals surface area contributed by atoms with Crippen LogP contribution in [0.3, 0.4) is 0 Å². The second kappa shape index (κ2) is 2.92. The lowest BCUT2D eigenvalue weighted by Crippen LogP contribution is -2.20. The van der Waals surface area contributed by atoms with Crippen molar-refractivity contribution in [3.8, 4) is 0 Å². The normalized spacial score (nSPS) is 18.6. The predicted molar refractivity (Wildman–Crippen MR) is 59.1 cm³/mol. The van der Waals surface area contributed by atoms with Crippen LogP contribution in [0.4, 0.5) is 5.69 Å². The maximum atomic E-state index is 11.6. The molecular weight excluding hydrogens is 188 g/mol. The Morgan fingerprint density at radius 2 is 2.07 bits per heavy atom. The zero-order chi connectivity index (χ0) is 10.4. The SMILES string of the molecule is CC1=NN(c2ccc3c(c2)CC3)C(=O)C1. The van der Waals surface area contributed by atoms with Gasteiger partial charge in [0.1, 0.15) is 0 Å². The Labute approximate surface area is 88.4 Å². The highest BCUT2D eigenvalue weighted by Crippen LogP contribution is 2.29. The summed E-state index contributed by atoms with van der Waals surface area (Å²) in [5.74, 6) is 0.0757. The molecule has 1 aliphatic carbocycles. The Bertz CT molecular complexity index is 477. The number of carbonyl (C=O) groups excluding carboxylic acids is 1. The molecule has 0 saturated carbocycles. The third-order valence-electron chi connectivity index (χ3n) is 3.01. The molecule has 1 heterocycles. The van der Waals surface area contributed by atoms with Crippen LogP contribution in [-0.2, 0) is 17.6 Å². The molecule has 1 aromatic carbocycles. The van der Waals surface area contributed by atoms with Crippen LogP contribution in [0.25, 0.3) is 0 Å². The largest absolute Gasteiger partial charge is 0.272 e. The molecule has 0 radical (unpaired) electrons. The molecule has 2 aliphatic rings. The molecule has 0 aromatic heterocycles. The predicted octanol–water partition coefficient (Wildman–Crippen LogP) is 1.90. The minimum Gasteiger partial charge on any atom is -0.272 e. The standard InChI is InChI=1S/C12H12N2O/c1-8-6-12(15)14(13-8)11-5-4-9-2-3-10(9)7-11/h4-5,7H,2-3,6H2,1H3. The van der Waals surface area contributed by atoms with E-state index in [2.05, 4.69) is 17.2 Å². The van der Waals surface area contributed by atoms with Gasteiger partial charge in [-0.15, -0.1) is 0 Å². The van der Waals surface area contributed by atoms with Crippen molar-refractivity contribution in [3.05, 3.63) is 29.3 Å². The molecule has 3 heteroatoms. The lowest BCUT2D eigenvalue weighted by Gasteiger charge is -2.21. The van der Waals surface area contributed by atoms with E-state index in [4.69, 9.17) is 0 Å². The van der Waals surface area contributed by atoms with Gasteiger partial charge in [-0.2, -0.15) is 5.10 Å². The van der Waals surface area contributed by atoms with Gasteiger partial charge < -0.3 is 0 Å². The maximum absolute atomic E-state index is 11.6. The fourth-order valence-electron chi connectivity index (χ4n) is 2.07. The topological polar surface area (TPSA) is 32.7 Å². The number of hydrogen-bond donors (Lipinski definition) is 0. The first kappa shape index (κ1) is 8.65. The van der Waals surface area contributed by atoms with Crippen molar-refractivity contribution in [3.63, 3.8) is 0 Å². The molecule has 0 unspecified atom stereocenters. The van der Waals surface area contributed by atoms with Gasteiger partial charge in [-0.25, -0.2) is 5.01 Å². The summed E-state index contributed by atoms with van der Waals surface area (Å²) >= 11 is 0. The number of hydrogen-bond acceptors (Lipinski definition) is 2. The highest BCUT2D eigenvalue weighted by molar-refractivity contribution is 6.12. The Kier molecular flexibility index (Phi) is 1.69. The number of fused-ring (bicyclic) bond motifs is 1. The van der Waals surface area contributed by atoms with Gasteiger partial charge in [0.05, 0.1) is 12.1 Å². The maximum Gasteiger partial charge on any atom is 0.253 e. The fourth-order valence-corrected chi connectivity index (χ4v) is 2.07. The van der Waals surface area contributed by atoms with Crippen molar-refractivity contribution < 1.29 is 4.79 Å². The Morgan fingerprint density at radius 1 is 1.27 bits per heavy atom. The first-order chi connectivity index (χ1) is 7.24. The van der Waals surface area contributed by atoms with E-state index in [0.717, 1.165) is 17.8 Å². The van der Waals surface area contributed by atoms with Crippen molar-refractivity contribution in [2.45, 2.75) is 26.2 Å². The monoisotopic (exact) mass is 200 g/mol. The van der Waals surface area contributed by atoms with E-state index in [1.54, 1.807) is 0 Å². The summed E-state index contributed by atoms with van der Waals surface area (Å²) in [5, 5.41) is 5.76. The van der Waals surface area contributed by atoms with Crippen molar-refractivity contribution in [1.29, 1.82) is 0 Å². The van der Waals surface area contributed by atoms with Crippen LogP contribution in [-0.4, -0.2) is 11.6 Å². The minimum absolute atomic E-state index is 0.0757. The van der Waals surface area contributed by atoms with Crippen molar-refractivity contribution in [2.24, 2.45) is 5.10 Å². The Morgan fingerprint density at radius 3 is 2.60 bits per heavy atom. The van der Waals surface area contributed by atoms with Crippen LogP contribution in [0, 0.1) is 0 Å². The summed E-state index contributed by atoms with van der Waals surface area (Å²) in [5.41, 5.74) is 4.57. The molecule has 15 heavy (non-hydrogen) atoms. The van der Waals surface area contributed by atoms with Crippen LogP contribution in [0.2, 0.25) is 0 Å². The molecule has 0 atom stereocenters.